The monoisotopic (exact) mass is 378 g/mol. The van der Waals surface area contributed by atoms with Crippen LogP contribution in [0.2, 0.25) is 0 Å². The highest BCUT2D eigenvalue weighted by molar-refractivity contribution is 6.03. The summed E-state index contributed by atoms with van der Waals surface area (Å²) in [6, 6.07) is 15.9. The van der Waals surface area contributed by atoms with Gasteiger partial charge in [-0.3, -0.25) is 4.79 Å². The molecule has 0 fully saturated rings. The van der Waals surface area contributed by atoms with Crippen molar-refractivity contribution in [3.8, 4) is 11.3 Å². The van der Waals surface area contributed by atoms with E-state index >= 15 is 0 Å². The molecule has 0 aliphatic rings. The van der Waals surface area contributed by atoms with Crippen LogP contribution in [0, 0.1) is 6.92 Å². The third kappa shape index (κ3) is 4.85. The molecule has 6 nitrogen and oxygen atoms in total. The van der Waals surface area contributed by atoms with Gasteiger partial charge in [0.05, 0.1) is 12.2 Å². The third-order valence-corrected chi connectivity index (χ3v) is 4.19. The summed E-state index contributed by atoms with van der Waals surface area (Å²) in [5.41, 5.74) is 3.16. The van der Waals surface area contributed by atoms with Crippen molar-refractivity contribution in [2.45, 2.75) is 26.7 Å². The minimum atomic E-state index is -0.389. The van der Waals surface area contributed by atoms with Crippen molar-refractivity contribution < 1.29 is 18.8 Å². The van der Waals surface area contributed by atoms with E-state index in [0.29, 0.717) is 23.6 Å². The molecule has 6 heteroatoms. The maximum atomic E-state index is 12.4. The van der Waals surface area contributed by atoms with Gasteiger partial charge in [0.1, 0.15) is 0 Å². The molecule has 0 saturated heterocycles. The summed E-state index contributed by atoms with van der Waals surface area (Å²) in [7, 11) is 0. The number of amides is 1. The Balaban J connectivity index is 1.62. The van der Waals surface area contributed by atoms with Crippen molar-refractivity contribution in [1.82, 2.24) is 5.16 Å². The predicted molar refractivity (Wildman–Crippen MR) is 106 cm³/mol. The maximum absolute atomic E-state index is 12.4. The lowest BCUT2D eigenvalue weighted by molar-refractivity contribution is 0.0499. The van der Waals surface area contributed by atoms with E-state index in [0.717, 1.165) is 24.0 Å². The molecule has 1 N–H and O–H groups in total. The Morgan fingerprint density at radius 2 is 1.79 bits per heavy atom. The molecule has 0 bridgehead atoms. The Bertz CT molecular complexity index is 943. The number of carbonyl (C=O) groups is 2. The minimum Gasteiger partial charge on any atom is -0.462 e. The first kappa shape index (κ1) is 19.4. The number of anilines is 1. The van der Waals surface area contributed by atoms with E-state index in [1.807, 2.05) is 38.1 Å². The van der Waals surface area contributed by atoms with Crippen LogP contribution in [0.3, 0.4) is 0 Å². The zero-order chi connectivity index (χ0) is 19.9. The molecule has 0 unspecified atom stereocenters. The Hall–Kier alpha value is -3.41. The molecule has 1 amide bonds. The molecule has 144 valence electrons. The number of benzene rings is 2. The van der Waals surface area contributed by atoms with Crippen LogP contribution in [-0.4, -0.2) is 23.6 Å². The second-order valence-electron chi connectivity index (χ2n) is 6.46. The summed E-state index contributed by atoms with van der Waals surface area (Å²) in [6.45, 7) is 4.44. The molecule has 0 atom stereocenters. The quantitative estimate of drug-likeness (QED) is 0.469. The van der Waals surface area contributed by atoms with E-state index in [2.05, 4.69) is 10.5 Å². The van der Waals surface area contributed by atoms with Gasteiger partial charge in [-0.05, 0) is 37.6 Å². The van der Waals surface area contributed by atoms with Gasteiger partial charge in [-0.25, -0.2) is 4.79 Å². The number of rotatable bonds is 7. The number of nitrogens with zero attached hydrogens (tertiary/aromatic N) is 1. The standard InChI is InChI=1S/C22H22N2O4/c1-3-4-13-27-22(26)17-9-11-18(12-10-17)23-21(25)19-14-20(28-24-19)16-7-5-15(2)6-8-16/h5-12,14H,3-4,13H2,1-2H3,(H,23,25). The average molecular weight is 378 g/mol. The predicted octanol–water partition coefficient (Wildman–Crippen LogP) is 4.86. The number of unbranched alkanes of at least 4 members (excludes halogenated alkanes) is 1. The normalized spacial score (nSPS) is 10.5. The Morgan fingerprint density at radius 3 is 2.46 bits per heavy atom. The van der Waals surface area contributed by atoms with E-state index < -0.39 is 0 Å². The first-order valence-corrected chi connectivity index (χ1v) is 9.19. The van der Waals surface area contributed by atoms with E-state index in [1.54, 1.807) is 30.3 Å². The van der Waals surface area contributed by atoms with Gasteiger partial charge in [0, 0.05) is 17.3 Å². The van der Waals surface area contributed by atoms with Crippen molar-refractivity contribution in [3.63, 3.8) is 0 Å². The largest absolute Gasteiger partial charge is 0.462 e. The van der Waals surface area contributed by atoms with Crippen molar-refractivity contribution in [2.24, 2.45) is 0 Å². The number of ether oxygens (including phenoxy) is 1. The number of nitrogens with one attached hydrogen (secondary N) is 1. The van der Waals surface area contributed by atoms with Crippen molar-refractivity contribution in [1.29, 1.82) is 0 Å². The molecule has 3 rings (SSSR count). The lowest BCUT2D eigenvalue weighted by Gasteiger charge is -2.06. The van der Waals surface area contributed by atoms with Gasteiger partial charge in [-0.15, -0.1) is 0 Å². The SMILES string of the molecule is CCCCOC(=O)c1ccc(NC(=O)c2cc(-c3ccc(C)cc3)on2)cc1. The Labute approximate surface area is 163 Å². The van der Waals surface area contributed by atoms with E-state index in [4.69, 9.17) is 9.26 Å². The fourth-order valence-electron chi connectivity index (χ4n) is 2.51. The summed E-state index contributed by atoms with van der Waals surface area (Å²) in [5, 5.41) is 6.57. The van der Waals surface area contributed by atoms with Gasteiger partial charge in [0.25, 0.3) is 5.91 Å². The highest BCUT2D eigenvalue weighted by Crippen LogP contribution is 2.21. The van der Waals surface area contributed by atoms with Crippen molar-refractivity contribution in [2.75, 3.05) is 11.9 Å². The molecule has 28 heavy (non-hydrogen) atoms. The number of hydrogen-bond donors (Lipinski definition) is 1. The number of carbonyl (C=O) groups excluding carboxylic acids is 2. The molecular weight excluding hydrogens is 356 g/mol. The topological polar surface area (TPSA) is 81.4 Å². The molecule has 0 aliphatic heterocycles. The smallest absolute Gasteiger partial charge is 0.338 e. The summed E-state index contributed by atoms with van der Waals surface area (Å²) >= 11 is 0. The van der Waals surface area contributed by atoms with Crippen LogP contribution < -0.4 is 5.32 Å². The minimum absolute atomic E-state index is 0.179. The van der Waals surface area contributed by atoms with Crippen LogP contribution in [0.5, 0.6) is 0 Å². The highest BCUT2D eigenvalue weighted by Gasteiger charge is 2.14. The van der Waals surface area contributed by atoms with E-state index in [9.17, 15) is 9.59 Å². The van der Waals surface area contributed by atoms with Gasteiger partial charge in [-0.2, -0.15) is 0 Å². The second kappa shape index (κ2) is 8.99. The first-order chi connectivity index (χ1) is 13.6. The number of aromatic nitrogens is 1. The number of aryl methyl sites for hydroxylation is 1. The fourth-order valence-corrected chi connectivity index (χ4v) is 2.51. The molecule has 2 aromatic carbocycles. The molecule has 3 aromatic rings. The number of hydrogen-bond acceptors (Lipinski definition) is 5. The van der Waals surface area contributed by atoms with Crippen LogP contribution in [0.4, 0.5) is 5.69 Å². The highest BCUT2D eigenvalue weighted by atomic mass is 16.5. The first-order valence-electron chi connectivity index (χ1n) is 9.19. The van der Waals surface area contributed by atoms with Gasteiger partial charge in [0.2, 0.25) is 0 Å². The fraction of sp³-hybridized carbons (Fsp3) is 0.227. The molecule has 0 radical (unpaired) electrons. The molecule has 0 saturated carbocycles. The van der Waals surface area contributed by atoms with Gasteiger partial charge < -0.3 is 14.6 Å². The van der Waals surface area contributed by atoms with Gasteiger partial charge in [0.15, 0.2) is 11.5 Å². The molecule has 0 aliphatic carbocycles. The van der Waals surface area contributed by atoms with Crippen molar-refractivity contribution >= 4 is 17.6 Å². The van der Waals surface area contributed by atoms with Crippen LogP contribution >= 0.6 is 0 Å². The Morgan fingerprint density at radius 1 is 1.07 bits per heavy atom. The molecular formula is C22H22N2O4. The number of esters is 1. The van der Waals surface area contributed by atoms with E-state index in [-0.39, 0.29) is 17.6 Å². The van der Waals surface area contributed by atoms with Crippen LogP contribution in [-0.2, 0) is 4.74 Å². The zero-order valence-corrected chi connectivity index (χ0v) is 15.9. The molecule has 0 spiro atoms. The summed E-state index contributed by atoms with van der Waals surface area (Å²) in [6.07, 6.45) is 1.80. The van der Waals surface area contributed by atoms with Crippen LogP contribution in [0.15, 0.2) is 59.1 Å². The summed E-state index contributed by atoms with van der Waals surface area (Å²) in [5.74, 6) is -0.235. The van der Waals surface area contributed by atoms with Crippen LogP contribution in [0.25, 0.3) is 11.3 Å². The van der Waals surface area contributed by atoms with Gasteiger partial charge >= 0.3 is 5.97 Å². The van der Waals surface area contributed by atoms with Crippen LogP contribution in [0.1, 0.15) is 46.2 Å². The van der Waals surface area contributed by atoms with E-state index in [1.165, 1.54) is 0 Å². The lowest BCUT2D eigenvalue weighted by atomic mass is 10.1. The summed E-state index contributed by atoms with van der Waals surface area (Å²) < 4.78 is 10.4. The maximum Gasteiger partial charge on any atom is 0.338 e. The second-order valence-corrected chi connectivity index (χ2v) is 6.46. The van der Waals surface area contributed by atoms with Crippen molar-refractivity contribution in [3.05, 3.63) is 71.4 Å². The average Bonchev–Trinajstić information content (AvgIpc) is 3.19. The van der Waals surface area contributed by atoms with Gasteiger partial charge in [-0.1, -0.05) is 48.3 Å². The molecule has 1 aromatic heterocycles. The zero-order valence-electron chi connectivity index (χ0n) is 15.9. The molecule has 1 heterocycles. The summed E-state index contributed by atoms with van der Waals surface area (Å²) in [4.78, 5) is 24.3. The lowest BCUT2D eigenvalue weighted by Crippen LogP contribution is -2.12. The Kier molecular flexibility index (Phi) is 6.22. The third-order valence-electron chi connectivity index (χ3n) is 4.19.